The summed E-state index contributed by atoms with van der Waals surface area (Å²) in [4.78, 5) is 88.9. The number of amides is 5. The lowest BCUT2D eigenvalue weighted by Gasteiger charge is -2.41. The van der Waals surface area contributed by atoms with Gasteiger partial charge in [0, 0.05) is 41.3 Å². The molecule has 1 aliphatic heterocycles. The van der Waals surface area contributed by atoms with Crippen LogP contribution in [0.15, 0.2) is 72.8 Å². The lowest BCUT2D eigenvalue weighted by molar-refractivity contribution is -0.151. The fourth-order valence-electron chi connectivity index (χ4n) is 9.67. The first-order valence-corrected chi connectivity index (χ1v) is 24.9. The predicted molar refractivity (Wildman–Crippen MR) is 271 cm³/mol. The van der Waals surface area contributed by atoms with Crippen LogP contribution in [0.1, 0.15) is 106 Å². The molecular weight excluding hydrogens is 891 g/mol. The van der Waals surface area contributed by atoms with Crippen LogP contribution in [0, 0.1) is 23.7 Å². The van der Waals surface area contributed by atoms with Crippen molar-refractivity contribution in [3.05, 3.63) is 83.9 Å². The number of rotatable bonds is 23. The summed E-state index contributed by atoms with van der Waals surface area (Å²) >= 11 is 0. The standard InChI is InChI=1S/C55H81N5O10/c1-15-36(6)48(58(11)52(64)46(34(2)3)57-51(63)47(35(4)5)59(12)54(66)70-55(8,9)10)44(67-13)32-45(61)60-30-22-29-43(60)49(68-14)37(7)50(62)56-42(31-38-23-17-16-18-24-38)53(65)69-33-40-27-21-26-39-25-19-20-28-41(39)40/h16-21,23-28,34-37,42-44,46-49H,15,22,29-33H2,1-14H3,(H,56,62)(H,57,63)/t36-,37+,42-,43-,44+,46-,47-,48-,49+/m0/s1. The molecular formula is C55H81N5O10. The van der Waals surface area contributed by atoms with Crippen LogP contribution in [-0.2, 0) is 55.9 Å². The smallest absolute Gasteiger partial charge is 0.410 e. The average Bonchev–Trinajstić information content (AvgIpc) is 3.81. The molecule has 0 spiro atoms. The summed E-state index contributed by atoms with van der Waals surface area (Å²) < 4.78 is 23.6. The zero-order chi connectivity index (χ0) is 52.0. The minimum absolute atomic E-state index is 0.0316. The molecule has 1 heterocycles. The van der Waals surface area contributed by atoms with Crippen LogP contribution in [0.25, 0.3) is 10.8 Å². The van der Waals surface area contributed by atoms with E-state index in [1.807, 2.05) is 114 Å². The third kappa shape index (κ3) is 15.0. The van der Waals surface area contributed by atoms with Crippen molar-refractivity contribution in [2.24, 2.45) is 23.7 Å². The first kappa shape index (κ1) is 57.0. The molecule has 0 aliphatic carbocycles. The van der Waals surface area contributed by atoms with Crippen molar-refractivity contribution in [2.75, 3.05) is 34.9 Å². The lowest BCUT2D eigenvalue weighted by atomic mass is 9.89. The Morgan fingerprint density at radius 1 is 0.786 bits per heavy atom. The number of nitrogens with zero attached hydrogens (tertiary/aromatic N) is 3. The molecule has 386 valence electrons. The van der Waals surface area contributed by atoms with E-state index in [2.05, 4.69) is 10.6 Å². The molecule has 0 radical (unpaired) electrons. The van der Waals surface area contributed by atoms with Crippen molar-refractivity contribution in [1.29, 1.82) is 0 Å². The zero-order valence-electron chi connectivity index (χ0n) is 44.2. The molecule has 0 unspecified atom stereocenters. The van der Waals surface area contributed by atoms with E-state index in [-0.39, 0.29) is 49.0 Å². The predicted octanol–water partition coefficient (Wildman–Crippen LogP) is 7.56. The first-order chi connectivity index (χ1) is 33.0. The maximum atomic E-state index is 14.6. The molecule has 15 nitrogen and oxygen atoms in total. The highest BCUT2D eigenvalue weighted by molar-refractivity contribution is 5.92. The minimum Gasteiger partial charge on any atom is -0.459 e. The van der Waals surface area contributed by atoms with Crippen LogP contribution in [0.3, 0.4) is 0 Å². The van der Waals surface area contributed by atoms with Crippen LogP contribution >= 0.6 is 0 Å². The number of methoxy groups -OCH3 is 2. The Morgan fingerprint density at radius 2 is 1.43 bits per heavy atom. The SMILES string of the molecule is CC[C@H](C)[C@@H]([C@@H](CC(=O)N1CCC[C@H]1[C@H](OC)[C@@H](C)C(=O)N[C@@H](Cc1ccccc1)C(=O)OCc1cccc2ccccc12)OC)N(C)C(=O)[C@@H](NC(=O)[C@H](C(C)C)N(C)C(=O)OC(C)(C)C)C(C)C. The van der Waals surface area contributed by atoms with Gasteiger partial charge in [-0.25, -0.2) is 9.59 Å². The van der Waals surface area contributed by atoms with Crippen molar-refractivity contribution >= 4 is 46.5 Å². The van der Waals surface area contributed by atoms with E-state index in [0.717, 1.165) is 21.9 Å². The lowest BCUT2D eigenvalue weighted by Crippen LogP contribution is -2.60. The number of esters is 1. The topological polar surface area (TPSA) is 173 Å². The summed E-state index contributed by atoms with van der Waals surface area (Å²) in [6.07, 6.45) is -0.0189. The van der Waals surface area contributed by atoms with E-state index < -0.39 is 77.8 Å². The van der Waals surface area contributed by atoms with Crippen molar-refractivity contribution in [3.63, 3.8) is 0 Å². The fraction of sp³-hybridized carbons (Fsp3) is 0.600. The Bertz CT molecular complexity index is 2210. The third-order valence-electron chi connectivity index (χ3n) is 13.6. The van der Waals surface area contributed by atoms with Gasteiger partial charge in [-0.05, 0) is 73.3 Å². The molecule has 1 saturated heterocycles. The second-order valence-corrected chi connectivity index (χ2v) is 20.6. The quantitative estimate of drug-likeness (QED) is 0.0904. The summed E-state index contributed by atoms with van der Waals surface area (Å²) in [6, 6.07) is 19.2. The second kappa shape index (κ2) is 26.1. The number of carbonyl (C=O) groups excluding carboxylic acids is 6. The number of fused-ring (bicyclic) bond motifs is 1. The summed E-state index contributed by atoms with van der Waals surface area (Å²) in [5.74, 6) is -3.56. The summed E-state index contributed by atoms with van der Waals surface area (Å²) in [7, 11) is 6.24. The molecule has 1 fully saturated rings. The van der Waals surface area contributed by atoms with E-state index in [9.17, 15) is 28.8 Å². The third-order valence-corrected chi connectivity index (χ3v) is 13.6. The second-order valence-electron chi connectivity index (χ2n) is 20.6. The summed E-state index contributed by atoms with van der Waals surface area (Å²) in [5.41, 5.74) is 0.931. The van der Waals surface area contributed by atoms with Gasteiger partial charge in [-0.15, -0.1) is 0 Å². The molecule has 4 rings (SSSR count). The van der Waals surface area contributed by atoms with Crippen molar-refractivity contribution in [2.45, 2.75) is 156 Å². The van der Waals surface area contributed by atoms with Gasteiger partial charge in [0.1, 0.15) is 30.3 Å². The molecule has 0 aromatic heterocycles. The first-order valence-electron chi connectivity index (χ1n) is 24.9. The monoisotopic (exact) mass is 972 g/mol. The van der Waals surface area contributed by atoms with Gasteiger partial charge in [0.2, 0.25) is 23.6 Å². The van der Waals surface area contributed by atoms with E-state index >= 15 is 0 Å². The van der Waals surface area contributed by atoms with Crippen LogP contribution in [0.4, 0.5) is 4.79 Å². The van der Waals surface area contributed by atoms with Crippen LogP contribution in [-0.4, -0.2) is 133 Å². The Balaban J connectivity index is 1.50. The van der Waals surface area contributed by atoms with Crippen LogP contribution in [0.5, 0.6) is 0 Å². The highest BCUT2D eigenvalue weighted by Gasteiger charge is 2.44. The number of likely N-dealkylation sites (N-methyl/N-ethyl adjacent to an activating group) is 2. The van der Waals surface area contributed by atoms with E-state index in [1.54, 1.807) is 44.5 Å². The average molecular weight is 972 g/mol. The van der Waals surface area contributed by atoms with Crippen molar-refractivity contribution in [1.82, 2.24) is 25.3 Å². The number of ether oxygens (including phenoxy) is 4. The highest BCUT2D eigenvalue weighted by atomic mass is 16.6. The zero-order valence-corrected chi connectivity index (χ0v) is 44.2. The van der Waals surface area contributed by atoms with E-state index in [1.165, 1.54) is 26.2 Å². The Kier molecular flexibility index (Phi) is 21.2. The highest BCUT2D eigenvalue weighted by Crippen LogP contribution is 2.30. The van der Waals surface area contributed by atoms with Crippen molar-refractivity contribution in [3.8, 4) is 0 Å². The number of hydrogen-bond acceptors (Lipinski definition) is 10. The molecule has 0 saturated carbocycles. The maximum Gasteiger partial charge on any atom is 0.410 e. The Labute approximate surface area is 416 Å². The summed E-state index contributed by atoms with van der Waals surface area (Å²) in [6.45, 7) is 18.8. The van der Waals surface area contributed by atoms with E-state index in [0.29, 0.717) is 25.8 Å². The molecule has 1 aliphatic rings. The molecule has 3 aromatic rings. The maximum absolute atomic E-state index is 14.6. The van der Waals surface area contributed by atoms with Gasteiger partial charge < -0.3 is 39.4 Å². The van der Waals surface area contributed by atoms with Crippen LogP contribution < -0.4 is 10.6 Å². The number of carbonyl (C=O) groups is 6. The molecule has 15 heteroatoms. The molecule has 2 N–H and O–H groups in total. The number of nitrogens with one attached hydrogen (secondary N) is 2. The van der Waals surface area contributed by atoms with Gasteiger partial charge in [-0.3, -0.25) is 24.1 Å². The van der Waals surface area contributed by atoms with Crippen molar-refractivity contribution < 1.29 is 47.7 Å². The Hall–Kier alpha value is -5.54. The van der Waals surface area contributed by atoms with Gasteiger partial charge in [-0.1, -0.05) is 128 Å². The molecule has 0 bridgehead atoms. The Morgan fingerprint density at radius 3 is 2.03 bits per heavy atom. The number of benzene rings is 3. The molecule has 3 aromatic carbocycles. The van der Waals surface area contributed by atoms with E-state index in [4.69, 9.17) is 18.9 Å². The normalized spacial score (nSPS) is 17.4. The molecule has 70 heavy (non-hydrogen) atoms. The summed E-state index contributed by atoms with van der Waals surface area (Å²) in [5, 5.41) is 7.94. The van der Waals surface area contributed by atoms with Gasteiger partial charge in [0.15, 0.2) is 0 Å². The van der Waals surface area contributed by atoms with Crippen LogP contribution in [0.2, 0.25) is 0 Å². The molecule has 9 atom stereocenters. The minimum atomic E-state index is -0.996. The number of likely N-dealkylation sites (tertiary alicyclic amines) is 1. The largest absolute Gasteiger partial charge is 0.459 e. The fourth-order valence-corrected chi connectivity index (χ4v) is 9.67. The molecule has 5 amide bonds. The number of hydrogen-bond donors (Lipinski definition) is 2. The van der Waals surface area contributed by atoms with Gasteiger partial charge in [0.25, 0.3) is 0 Å². The van der Waals surface area contributed by atoms with Gasteiger partial charge in [0.05, 0.1) is 36.6 Å². The van der Waals surface area contributed by atoms with Gasteiger partial charge in [-0.2, -0.15) is 0 Å². The van der Waals surface area contributed by atoms with Gasteiger partial charge >= 0.3 is 12.1 Å².